The number of carbonyl (C=O) groups excluding carboxylic acids is 2. The number of rotatable bonds is 10. The van der Waals surface area contributed by atoms with E-state index < -0.39 is 38.2 Å². The summed E-state index contributed by atoms with van der Waals surface area (Å²) in [7, 11) is -2.45. The highest BCUT2D eigenvalue weighted by Gasteiger charge is 2.46. The summed E-state index contributed by atoms with van der Waals surface area (Å²) in [6.45, 7) is 8.41. The Balaban J connectivity index is 1.38. The molecule has 0 spiro atoms. The van der Waals surface area contributed by atoms with Crippen molar-refractivity contribution in [2.45, 2.75) is 63.1 Å². The van der Waals surface area contributed by atoms with Crippen molar-refractivity contribution >= 4 is 36.7 Å². The quantitative estimate of drug-likeness (QED) is 0.198. The molecule has 1 saturated heterocycles. The van der Waals surface area contributed by atoms with E-state index in [1.165, 1.54) is 24.8 Å². The summed E-state index contributed by atoms with van der Waals surface area (Å²) < 4.78 is 47.0. The van der Waals surface area contributed by atoms with Crippen molar-refractivity contribution in [3.05, 3.63) is 66.3 Å². The zero-order valence-electron chi connectivity index (χ0n) is 24.1. The number of ether oxygens (including phenoxy) is 1. The molecule has 0 saturated carbocycles. The average Bonchev–Trinajstić information content (AvgIpc) is 3.53. The molecular weight excluding hydrogens is 583 g/mol. The van der Waals surface area contributed by atoms with E-state index in [9.17, 15) is 27.6 Å². The lowest BCUT2D eigenvalue weighted by Gasteiger charge is -2.46. The number of anilines is 1. The number of halogens is 3. The maximum atomic E-state index is 13.8. The van der Waals surface area contributed by atoms with Crippen molar-refractivity contribution in [2.75, 3.05) is 18.5 Å². The minimum absolute atomic E-state index is 0.187. The Labute approximate surface area is 246 Å². The van der Waals surface area contributed by atoms with Gasteiger partial charge in [0.2, 0.25) is 5.91 Å². The summed E-state index contributed by atoms with van der Waals surface area (Å²) in [5.74, 6) is -1.01. The molecule has 2 N–H and O–H groups in total. The zero-order chi connectivity index (χ0) is 31.2. The molecule has 0 aliphatic carbocycles. The average molecular weight is 616 g/mol. The van der Waals surface area contributed by atoms with E-state index in [1.54, 1.807) is 12.4 Å². The highest BCUT2D eigenvalue weighted by molar-refractivity contribution is 6.72. The fraction of sp³-hybridized carbons (Fsp3) is 0.429. The Morgan fingerprint density at radius 1 is 1.16 bits per heavy atom. The van der Waals surface area contributed by atoms with E-state index in [2.05, 4.69) is 39.2 Å². The summed E-state index contributed by atoms with van der Waals surface area (Å²) in [4.78, 5) is 49.8. The Bertz CT molecular complexity index is 1670. The molecule has 0 atom stereocenters. The van der Waals surface area contributed by atoms with Gasteiger partial charge in [-0.1, -0.05) is 13.8 Å². The van der Waals surface area contributed by atoms with E-state index in [-0.39, 0.29) is 22.1 Å². The van der Waals surface area contributed by atoms with Crippen molar-refractivity contribution < 1.29 is 32.3 Å². The van der Waals surface area contributed by atoms with Crippen molar-refractivity contribution in [2.24, 2.45) is 0 Å². The molecule has 4 aromatic rings. The van der Waals surface area contributed by atoms with E-state index in [0.29, 0.717) is 36.2 Å². The van der Waals surface area contributed by atoms with Crippen LogP contribution in [0.2, 0.25) is 18.1 Å². The van der Waals surface area contributed by atoms with Crippen molar-refractivity contribution in [1.82, 2.24) is 29.3 Å². The lowest BCUT2D eigenvalue weighted by atomic mass is 9.87. The monoisotopic (exact) mass is 615 g/mol. The van der Waals surface area contributed by atoms with Crippen LogP contribution < -0.4 is 5.32 Å². The first kappa shape index (κ1) is 30.5. The van der Waals surface area contributed by atoms with Crippen molar-refractivity contribution in [3.8, 4) is 0 Å². The van der Waals surface area contributed by atoms with Crippen LogP contribution in [0.25, 0.3) is 11.0 Å². The molecule has 0 unspecified atom stereocenters. The summed E-state index contributed by atoms with van der Waals surface area (Å²) >= 11 is 0. The Kier molecular flexibility index (Phi) is 7.77. The molecule has 15 heteroatoms. The third-order valence-electron chi connectivity index (χ3n) is 8.36. The normalized spacial score (nSPS) is 15.3. The molecule has 0 radical (unpaired) electrons. The van der Waals surface area contributed by atoms with Crippen LogP contribution in [0, 0.1) is 0 Å². The van der Waals surface area contributed by atoms with Gasteiger partial charge in [-0.3, -0.25) is 19.3 Å². The molecule has 1 aliphatic heterocycles. The van der Waals surface area contributed by atoms with Crippen LogP contribution in [-0.4, -0.2) is 67.3 Å². The van der Waals surface area contributed by atoms with Crippen LogP contribution in [0.5, 0.6) is 0 Å². The van der Waals surface area contributed by atoms with E-state index >= 15 is 0 Å². The first-order valence-corrected chi connectivity index (χ1v) is 16.6. The van der Waals surface area contributed by atoms with Gasteiger partial charge in [0.25, 0.3) is 0 Å². The second-order valence-corrected chi connectivity index (χ2v) is 16.5. The number of nitrogens with zero attached hydrogens (tertiary/aromatic N) is 6. The lowest BCUT2D eigenvalue weighted by molar-refractivity contribution is -0.141. The van der Waals surface area contributed by atoms with E-state index in [1.807, 2.05) is 17.7 Å². The number of fused-ring (bicyclic) bond motifs is 1. The van der Waals surface area contributed by atoms with Gasteiger partial charge in [0.1, 0.15) is 18.5 Å². The largest absolute Gasteiger partial charge is 0.435 e. The number of nitrogens with one attached hydrogen (secondary N) is 1. The minimum Gasteiger partial charge on any atom is -0.432 e. The molecular formula is C28H32F3N7O4Si. The minimum atomic E-state index is -4.62. The molecule has 5 rings (SSSR count). The predicted octanol–water partition coefficient (Wildman–Crippen LogP) is 4.39. The summed E-state index contributed by atoms with van der Waals surface area (Å²) in [5, 5.41) is 6.23. The fourth-order valence-corrected chi connectivity index (χ4v) is 5.57. The molecule has 228 valence electrons. The molecule has 1 aliphatic rings. The molecule has 5 heterocycles. The standard InChI is InChI=1S/C28H32F3N7O4Si/c1-26(2,43(3,4)41)6-7-27(15-42-16-27)38-13-21(20-12-33-17-34-25(20)38)24(40)18-9-19(11-32-10-18)35-23(39)14-37-8-5-22(36-37)28(29,30)31/h5,8-13,17,41H,6-7,14-16H2,1-4H3,(H,35,39). The summed E-state index contributed by atoms with van der Waals surface area (Å²) in [5.41, 5.74) is -0.243. The maximum absolute atomic E-state index is 13.8. The number of hydrogen-bond acceptors (Lipinski definition) is 8. The third-order valence-corrected chi connectivity index (χ3v) is 11.9. The topological polar surface area (TPSA) is 137 Å². The van der Waals surface area contributed by atoms with Gasteiger partial charge < -0.3 is 19.4 Å². The molecule has 4 aromatic heterocycles. The number of aromatic nitrogens is 6. The van der Waals surface area contributed by atoms with E-state index in [4.69, 9.17) is 4.74 Å². The smallest absolute Gasteiger partial charge is 0.432 e. The fourth-order valence-electron chi connectivity index (χ4n) is 4.84. The molecule has 0 bridgehead atoms. The highest BCUT2D eigenvalue weighted by atomic mass is 28.4. The van der Waals surface area contributed by atoms with Gasteiger partial charge in [0.15, 0.2) is 19.8 Å². The predicted molar refractivity (Wildman–Crippen MR) is 153 cm³/mol. The van der Waals surface area contributed by atoms with Gasteiger partial charge in [-0.2, -0.15) is 18.3 Å². The maximum Gasteiger partial charge on any atom is 0.435 e. The van der Waals surface area contributed by atoms with Crippen LogP contribution in [-0.2, 0) is 27.8 Å². The van der Waals surface area contributed by atoms with Crippen LogP contribution >= 0.6 is 0 Å². The van der Waals surface area contributed by atoms with Gasteiger partial charge in [0, 0.05) is 35.7 Å². The molecule has 1 fully saturated rings. The highest BCUT2D eigenvalue weighted by Crippen LogP contribution is 2.45. The number of amides is 1. The summed E-state index contributed by atoms with van der Waals surface area (Å²) in [6, 6.07) is 2.23. The van der Waals surface area contributed by atoms with Crippen LogP contribution in [0.4, 0.5) is 18.9 Å². The second-order valence-electron chi connectivity index (χ2n) is 12.1. The van der Waals surface area contributed by atoms with Crippen LogP contribution in [0.1, 0.15) is 48.3 Å². The number of ketones is 1. The first-order chi connectivity index (χ1) is 20.1. The van der Waals surface area contributed by atoms with Gasteiger partial charge in [-0.05, 0) is 43.1 Å². The van der Waals surface area contributed by atoms with Crippen molar-refractivity contribution in [3.63, 3.8) is 0 Å². The number of carbonyl (C=O) groups is 2. The van der Waals surface area contributed by atoms with Crippen molar-refractivity contribution in [1.29, 1.82) is 0 Å². The van der Waals surface area contributed by atoms with Crippen LogP contribution in [0.3, 0.4) is 0 Å². The number of alkyl halides is 3. The third kappa shape index (κ3) is 6.10. The number of hydrogen-bond donors (Lipinski definition) is 2. The Morgan fingerprint density at radius 2 is 1.91 bits per heavy atom. The second kappa shape index (κ2) is 11.0. The zero-order valence-corrected chi connectivity index (χ0v) is 25.1. The molecule has 11 nitrogen and oxygen atoms in total. The number of pyridine rings is 1. The van der Waals surface area contributed by atoms with Gasteiger partial charge in [0.05, 0.1) is 36.2 Å². The Hall–Kier alpha value is -3.95. The summed E-state index contributed by atoms with van der Waals surface area (Å²) in [6.07, 6.45) is 5.35. The molecule has 0 aromatic carbocycles. The van der Waals surface area contributed by atoms with Gasteiger partial charge >= 0.3 is 6.18 Å². The molecule has 1 amide bonds. The van der Waals surface area contributed by atoms with Crippen LogP contribution in [0.15, 0.2) is 49.4 Å². The lowest BCUT2D eigenvalue weighted by Crippen LogP contribution is -2.52. The SMILES string of the molecule is CC(C)(CCC1(n2cc(C(=O)c3cncc(NC(=O)Cn4ccc(C(F)(F)F)n4)c3)c3cncnc32)COC1)[Si](C)(C)O. The first-order valence-electron chi connectivity index (χ1n) is 13.6. The van der Waals surface area contributed by atoms with Gasteiger partial charge in [-0.15, -0.1) is 0 Å². The Morgan fingerprint density at radius 3 is 2.53 bits per heavy atom. The van der Waals surface area contributed by atoms with E-state index in [0.717, 1.165) is 23.4 Å². The molecule has 43 heavy (non-hydrogen) atoms. The van der Waals surface area contributed by atoms with Gasteiger partial charge in [-0.25, -0.2) is 9.97 Å².